The number of piperidine rings is 1. The highest BCUT2D eigenvalue weighted by atomic mass is 32.2. The van der Waals surface area contributed by atoms with Gasteiger partial charge in [-0.3, -0.25) is 4.79 Å². The first-order valence-corrected chi connectivity index (χ1v) is 8.71. The molecule has 1 saturated heterocycles. The molecule has 1 amide bonds. The van der Waals surface area contributed by atoms with E-state index in [-0.39, 0.29) is 25.0 Å². The minimum atomic E-state index is -3.22. The van der Waals surface area contributed by atoms with Gasteiger partial charge in [-0.05, 0) is 19.3 Å². The van der Waals surface area contributed by atoms with Crippen molar-refractivity contribution >= 4 is 15.9 Å². The van der Waals surface area contributed by atoms with Gasteiger partial charge in [-0.1, -0.05) is 0 Å². The second-order valence-electron chi connectivity index (χ2n) is 4.94. The Hall–Kier alpha value is -0.700. The van der Waals surface area contributed by atoms with E-state index in [0.717, 1.165) is 6.42 Å². The Bertz CT molecular complexity index is 399. The monoisotopic (exact) mass is 308 g/mol. The summed E-state index contributed by atoms with van der Waals surface area (Å²) in [4.78, 5) is 11.9. The first-order valence-electron chi connectivity index (χ1n) is 6.86. The molecule has 2 N–H and O–H groups in total. The summed E-state index contributed by atoms with van der Waals surface area (Å²) in [6.07, 6.45) is 3.28. The lowest BCUT2D eigenvalue weighted by Crippen LogP contribution is -2.45. The van der Waals surface area contributed by atoms with Gasteiger partial charge in [0.05, 0.1) is 25.4 Å². The number of hydrogen-bond donors (Lipinski definition) is 2. The maximum atomic E-state index is 11.9. The maximum Gasteiger partial charge on any atom is 0.224 e. The van der Waals surface area contributed by atoms with Crippen LogP contribution in [-0.2, 0) is 19.6 Å². The number of nitrogens with zero attached hydrogens (tertiary/aromatic N) is 1. The third kappa shape index (κ3) is 6.17. The van der Waals surface area contributed by atoms with E-state index in [0.29, 0.717) is 39.1 Å². The van der Waals surface area contributed by atoms with E-state index in [1.54, 1.807) is 0 Å². The van der Waals surface area contributed by atoms with Crippen molar-refractivity contribution < 1.29 is 23.1 Å². The van der Waals surface area contributed by atoms with Crippen molar-refractivity contribution in [2.45, 2.75) is 19.3 Å². The molecular formula is C12H24N2O5S. The van der Waals surface area contributed by atoms with Crippen LogP contribution in [-0.4, -0.2) is 69.4 Å². The summed E-state index contributed by atoms with van der Waals surface area (Å²) in [7, 11) is -3.22. The van der Waals surface area contributed by atoms with Crippen LogP contribution in [0.15, 0.2) is 0 Å². The fourth-order valence-electron chi connectivity index (χ4n) is 2.15. The Kier molecular flexibility index (Phi) is 7.42. The maximum absolute atomic E-state index is 11.9. The summed E-state index contributed by atoms with van der Waals surface area (Å²) < 4.78 is 29.4. The molecule has 118 valence electrons. The van der Waals surface area contributed by atoms with Gasteiger partial charge in [-0.15, -0.1) is 0 Å². The van der Waals surface area contributed by atoms with E-state index in [1.807, 2.05) is 0 Å². The number of hydrogen-bond acceptors (Lipinski definition) is 5. The third-order valence-electron chi connectivity index (χ3n) is 3.22. The van der Waals surface area contributed by atoms with Crippen molar-refractivity contribution in [1.29, 1.82) is 0 Å². The number of sulfonamides is 1. The quantitative estimate of drug-likeness (QED) is 0.571. The number of carbonyl (C=O) groups excluding carboxylic acids is 1. The molecule has 1 aliphatic heterocycles. The SMILES string of the molecule is CS(=O)(=O)N1CCCC(C(=O)NCCCOCCO)C1. The minimum absolute atomic E-state index is 0.00421. The molecule has 0 radical (unpaired) electrons. The van der Waals surface area contributed by atoms with Crippen molar-refractivity contribution in [2.24, 2.45) is 5.92 Å². The zero-order valence-corrected chi connectivity index (χ0v) is 12.7. The van der Waals surface area contributed by atoms with E-state index in [1.165, 1.54) is 10.6 Å². The van der Waals surface area contributed by atoms with Gasteiger partial charge in [0, 0.05) is 26.2 Å². The van der Waals surface area contributed by atoms with E-state index >= 15 is 0 Å². The molecule has 8 heteroatoms. The van der Waals surface area contributed by atoms with Crippen LogP contribution >= 0.6 is 0 Å². The van der Waals surface area contributed by atoms with Crippen LogP contribution < -0.4 is 5.32 Å². The Morgan fingerprint density at radius 1 is 1.45 bits per heavy atom. The van der Waals surface area contributed by atoms with Gasteiger partial charge >= 0.3 is 0 Å². The predicted molar refractivity (Wildman–Crippen MR) is 74.7 cm³/mol. The molecule has 1 fully saturated rings. The average Bonchev–Trinajstić information content (AvgIpc) is 2.41. The molecule has 1 heterocycles. The third-order valence-corrected chi connectivity index (χ3v) is 4.49. The Balaban J connectivity index is 2.26. The smallest absolute Gasteiger partial charge is 0.224 e. The topological polar surface area (TPSA) is 95.9 Å². The standard InChI is InChI=1S/C12H24N2O5S/c1-20(17,18)14-6-2-4-11(10-14)12(16)13-5-3-8-19-9-7-15/h11,15H,2-10H2,1H3,(H,13,16). The van der Waals surface area contributed by atoms with Crippen molar-refractivity contribution in [1.82, 2.24) is 9.62 Å². The van der Waals surface area contributed by atoms with E-state index < -0.39 is 10.0 Å². The Labute approximate surface area is 120 Å². The lowest BCUT2D eigenvalue weighted by atomic mass is 9.99. The Morgan fingerprint density at radius 3 is 2.85 bits per heavy atom. The number of aliphatic hydroxyl groups is 1. The molecule has 0 saturated carbocycles. The molecule has 20 heavy (non-hydrogen) atoms. The summed E-state index contributed by atoms with van der Waals surface area (Å²) in [6.45, 7) is 2.06. The van der Waals surface area contributed by atoms with Gasteiger partial charge in [0.25, 0.3) is 0 Å². The van der Waals surface area contributed by atoms with Crippen LogP contribution in [0.1, 0.15) is 19.3 Å². The summed E-state index contributed by atoms with van der Waals surface area (Å²) in [5.41, 5.74) is 0. The molecule has 1 rings (SSSR count). The average molecular weight is 308 g/mol. The predicted octanol–water partition coefficient (Wildman–Crippen LogP) is -0.827. The molecule has 1 atom stereocenters. The van der Waals surface area contributed by atoms with Gasteiger partial charge in [0.1, 0.15) is 0 Å². The number of carbonyl (C=O) groups is 1. The van der Waals surface area contributed by atoms with Crippen LogP contribution in [0.25, 0.3) is 0 Å². The zero-order chi connectivity index (χ0) is 15.0. The lowest BCUT2D eigenvalue weighted by molar-refractivity contribution is -0.126. The number of aliphatic hydroxyl groups excluding tert-OH is 1. The molecule has 7 nitrogen and oxygen atoms in total. The van der Waals surface area contributed by atoms with Crippen molar-refractivity contribution in [3.8, 4) is 0 Å². The van der Waals surface area contributed by atoms with Gasteiger partial charge < -0.3 is 15.2 Å². The molecule has 1 aliphatic rings. The van der Waals surface area contributed by atoms with Crippen molar-refractivity contribution in [2.75, 3.05) is 45.7 Å². The zero-order valence-electron chi connectivity index (χ0n) is 11.9. The van der Waals surface area contributed by atoms with Crippen LogP contribution in [0.2, 0.25) is 0 Å². The van der Waals surface area contributed by atoms with Crippen LogP contribution in [0.3, 0.4) is 0 Å². The summed E-state index contributed by atoms with van der Waals surface area (Å²) in [5.74, 6) is -0.364. The molecule has 0 aliphatic carbocycles. The summed E-state index contributed by atoms with van der Waals surface area (Å²) in [6, 6.07) is 0. The largest absolute Gasteiger partial charge is 0.394 e. The lowest BCUT2D eigenvalue weighted by Gasteiger charge is -2.30. The van der Waals surface area contributed by atoms with Gasteiger partial charge in [0.2, 0.25) is 15.9 Å². The summed E-state index contributed by atoms with van der Waals surface area (Å²) in [5, 5.41) is 11.3. The van der Waals surface area contributed by atoms with Gasteiger partial charge in [-0.25, -0.2) is 12.7 Å². The fourth-order valence-corrected chi connectivity index (χ4v) is 3.07. The first kappa shape index (κ1) is 17.4. The highest BCUT2D eigenvalue weighted by molar-refractivity contribution is 7.88. The highest BCUT2D eigenvalue weighted by Gasteiger charge is 2.29. The second kappa shape index (κ2) is 8.56. The second-order valence-corrected chi connectivity index (χ2v) is 6.92. The van der Waals surface area contributed by atoms with Gasteiger partial charge in [0.15, 0.2) is 0 Å². The Morgan fingerprint density at radius 2 is 2.20 bits per heavy atom. The molecule has 1 unspecified atom stereocenters. The molecule has 0 aromatic carbocycles. The van der Waals surface area contributed by atoms with E-state index in [4.69, 9.17) is 9.84 Å². The van der Waals surface area contributed by atoms with Crippen molar-refractivity contribution in [3.63, 3.8) is 0 Å². The number of ether oxygens (including phenoxy) is 1. The van der Waals surface area contributed by atoms with Gasteiger partial charge in [-0.2, -0.15) is 0 Å². The van der Waals surface area contributed by atoms with Crippen LogP contribution in [0.4, 0.5) is 0 Å². The molecule has 0 aromatic heterocycles. The van der Waals surface area contributed by atoms with E-state index in [2.05, 4.69) is 5.32 Å². The minimum Gasteiger partial charge on any atom is -0.394 e. The number of nitrogens with one attached hydrogen (secondary N) is 1. The number of amides is 1. The highest BCUT2D eigenvalue weighted by Crippen LogP contribution is 2.18. The molecule has 0 aromatic rings. The molecule has 0 spiro atoms. The molecule has 0 bridgehead atoms. The van der Waals surface area contributed by atoms with Crippen molar-refractivity contribution in [3.05, 3.63) is 0 Å². The first-order chi connectivity index (χ1) is 9.45. The fraction of sp³-hybridized carbons (Fsp3) is 0.917. The number of rotatable bonds is 8. The van der Waals surface area contributed by atoms with E-state index in [9.17, 15) is 13.2 Å². The molecular weight excluding hydrogens is 284 g/mol. The van der Waals surface area contributed by atoms with Crippen LogP contribution in [0, 0.1) is 5.92 Å². The summed E-state index contributed by atoms with van der Waals surface area (Å²) >= 11 is 0. The van der Waals surface area contributed by atoms with Crippen LogP contribution in [0.5, 0.6) is 0 Å². The normalized spacial score (nSPS) is 20.8.